The van der Waals surface area contributed by atoms with Crippen molar-refractivity contribution in [1.82, 2.24) is 9.29 Å². The van der Waals surface area contributed by atoms with E-state index in [9.17, 15) is 8.42 Å². The van der Waals surface area contributed by atoms with Gasteiger partial charge in [0.1, 0.15) is 0 Å². The van der Waals surface area contributed by atoms with E-state index in [2.05, 4.69) is 16.4 Å². The molecule has 0 unspecified atom stereocenters. The van der Waals surface area contributed by atoms with Crippen LogP contribution < -0.4 is 0 Å². The van der Waals surface area contributed by atoms with Crippen molar-refractivity contribution in [2.45, 2.75) is 58.3 Å². The predicted octanol–water partition coefficient (Wildman–Crippen LogP) is 4.25. The van der Waals surface area contributed by atoms with Gasteiger partial charge in [0.2, 0.25) is 10.0 Å². The van der Waals surface area contributed by atoms with E-state index >= 15 is 0 Å². The van der Waals surface area contributed by atoms with Crippen LogP contribution in [0.5, 0.6) is 0 Å². The van der Waals surface area contributed by atoms with E-state index in [4.69, 9.17) is 0 Å². The highest BCUT2D eigenvalue weighted by atomic mass is 32.2. The Kier molecular flexibility index (Phi) is 5.06. The summed E-state index contributed by atoms with van der Waals surface area (Å²) in [6.45, 7) is 10.9. The molecule has 0 saturated carbocycles. The van der Waals surface area contributed by atoms with Crippen molar-refractivity contribution in [1.29, 1.82) is 0 Å². The Balaban J connectivity index is 1.86. The number of thiazole rings is 1. The lowest BCUT2D eigenvalue weighted by atomic mass is 9.99. The number of rotatable bonds is 3. The number of hydrogen-bond donors (Lipinski definition) is 0. The summed E-state index contributed by atoms with van der Waals surface area (Å²) in [5, 5.41) is 3.22. The zero-order valence-corrected chi connectivity index (χ0v) is 17.2. The molecule has 0 radical (unpaired) electrons. The summed E-state index contributed by atoms with van der Waals surface area (Å²) in [6, 6.07) is 2.07. The third kappa shape index (κ3) is 3.39. The molecule has 2 heterocycles. The molecule has 0 N–H and O–H groups in total. The Hall–Kier alpha value is -1.24. The molecule has 1 aliphatic rings. The van der Waals surface area contributed by atoms with E-state index in [1.165, 1.54) is 0 Å². The third-order valence-corrected chi connectivity index (χ3v) is 8.63. The highest BCUT2D eigenvalue weighted by molar-refractivity contribution is 7.89. The summed E-state index contributed by atoms with van der Waals surface area (Å²) in [6.07, 6.45) is 1.68. The maximum absolute atomic E-state index is 13.3. The number of sulfonamides is 1. The van der Waals surface area contributed by atoms with E-state index < -0.39 is 10.0 Å². The van der Waals surface area contributed by atoms with Gasteiger partial charge in [-0.1, -0.05) is 6.07 Å². The van der Waals surface area contributed by atoms with E-state index in [0.717, 1.165) is 45.8 Å². The smallest absolute Gasteiger partial charge is 0.243 e. The molecule has 6 heteroatoms. The van der Waals surface area contributed by atoms with E-state index in [1.807, 2.05) is 34.6 Å². The molecule has 1 aromatic carbocycles. The van der Waals surface area contributed by atoms with Crippen molar-refractivity contribution in [2.24, 2.45) is 0 Å². The van der Waals surface area contributed by atoms with Crippen LogP contribution in [0.25, 0.3) is 0 Å². The molecule has 1 aliphatic heterocycles. The molecule has 0 bridgehead atoms. The summed E-state index contributed by atoms with van der Waals surface area (Å²) in [7, 11) is -3.45. The Labute approximate surface area is 155 Å². The summed E-state index contributed by atoms with van der Waals surface area (Å²) < 4.78 is 28.3. The number of piperidine rings is 1. The predicted molar refractivity (Wildman–Crippen MR) is 103 cm³/mol. The van der Waals surface area contributed by atoms with Crippen LogP contribution in [0.4, 0.5) is 0 Å². The number of benzene rings is 1. The van der Waals surface area contributed by atoms with Crippen LogP contribution in [0.2, 0.25) is 0 Å². The van der Waals surface area contributed by atoms with Gasteiger partial charge in [-0.15, -0.1) is 11.3 Å². The topological polar surface area (TPSA) is 50.3 Å². The molecule has 1 saturated heterocycles. The quantitative estimate of drug-likeness (QED) is 0.802. The SMILES string of the molecule is Cc1csc(C2CCN(S(=O)(=O)c3c(C)c(C)cc(C)c3C)CC2)n1. The highest BCUT2D eigenvalue weighted by Gasteiger charge is 2.33. The average molecular weight is 379 g/mol. The van der Waals surface area contributed by atoms with Gasteiger partial charge in [0, 0.05) is 30.1 Å². The normalized spacial score (nSPS) is 17.2. The molecule has 1 aromatic heterocycles. The van der Waals surface area contributed by atoms with E-state index in [-0.39, 0.29) is 0 Å². The lowest BCUT2D eigenvalue weighted by molar-refractivity contribution is 0.318. The third-order valence-electron chi connectivity index (χ3n) is 5.34. The molecule has 2 aromatic rings. The second-order valence-electron chi connectivity index (χ2n) is 7.09. The molecule has 3 rings (SSSR count). The molecular formula is C19H26N2O2S2. The summed E-state index contributed by atoms with van der Waals surface area (Å²) in [4.78, 5) is 5.09. The van der Waals surface area contributed by atoms with Crippen molar-refractivity contribution < 1.29 is 8.42 Å². The van der Waals surface area contributed by atoms with Gasteiger partial charge >= 0.3 is 0 Å². The minimum atomic E-state index is -3.45. The van der Waals surface area contributed by atoms with Gasteiger partial charge in [-0.3, -0.25) is 0 Å². The molecular weight excluding hydrogens is 352 g/mol. The number of aromatic nitrogens is 1. The maximum atomic E-state index is 13.3. The largest absolute Gasteiger partial charge is 0.246 e. The fourth-order valence-corrected chi connectivity index (χ4v) is 6.61. The molecule has 1 fully saturated rings. The van der Waals surface area contributed by atoms with Crippen molar-refractivity contribution in [3.8, 4) is 0 Å². The van der Waals surface area contributed by atoms with Crippen LogP contribution in [0.15, 0.2) is 16.3 Å². The first-order valence-electron chi connectivity index (χ1n) is 8.71. The van der Waals surface area contributed by atoms with Crippen LogP contribution in [-0.4, -0.2) is 30.8 Å². The first kappa shape index (κ1) is 18.5. The van der Waals surface area contributed by atoms with Gasteiger partial charge in [0.25, 0.3) is 0 Å². The zero-order valence-electron chi connectivity index (χ0n) is 15.6. The van der Waals surface area contributed by atoms with Crippen molar-refractivity contribution in [2.75, 3.05) is 13.1 Å². The fourth-order valence-electron chi connectivity index (χ4n) is 3.60. The highest BCUT2D eigenvalue weighted by Crippen LogP contribution is 2.34. The van der Waals surface area contributed by atoms with Gasteiger partial charge < -0.3 is 0 Å². The molecule has 0 spiro atoms. The van der Waals surface area contributed by atoms with Gasteiger partial charge in [0.05, 0.1) is 9.90 Å². The second kappa shape index (κ2) is 6.82. The maximum Gasteiger partial charge on any atom is 0.243 e. The molecule has 25 heavy (non-hydrogen) atoms. The fraction of sp³-hybridized carbons (Fsp3) is 0.526. The first-order valence-corrected chi connectivity index (χ1v) is 11.0. The Morgan fingerprint density at radius 3 is 2.08 bits per heavy atom. The molecule has 4 nitrogen and oxygen atoms in total. The molecule has 136 valence electrons. The van der Waals surface area contributed by atoms with Gasteiger partial charge in [-0.2, -0.15) is 4.31 Å². The van der Waals surface area contributed by atoms with Crippen molar-refractivity contribution >= 4 is 21.4 Å². The Bertz CT molecular complexity index is 866. The summed E-state index contributed by atoms with van der Waals surface area (Å²) in [5.41, 5.74) is 4.88. The van der Waals surface area contributed by atoms with Crippen molar-refractivity contribution in [3.05, 3.63) is 44.4 Å². The van der Waals surface area contributed by atoms with Gasteiger partial charge in [-0.25, -0.2) is 13.4 Å². The lowest BCUT2D eigenvalue weighted by Gasteiger charge is -2.31. The number of hydrogen-bond acceptors (Lipinski definition) is 4. The molecule has 0 atom stereocenters. The zero-order chi connectivity index (χ0) is 18.4. The Morgan fingerprint density at radius 2 is 1.60 bits per heavy atom. The summed E-state index contributed by atoms with van der Waals surface area (Å²) >= 11 is 1.69. The van der Waals surface area contributed by atoms with Crippen molar-refractivity contribution in [3.63, 3.8) is 0 Å². The van der Waals surface area contributed by atoms with Crippen LogP contribution in [-0.2, 0) is 10.0 Å². The van der Waals surface area contributed by atoms with Gasteiger partial charge in [-0.05, 0) is 69.7 Å². The summed E-state index contributed by atoms with van der Waals surface area (Å²) in [5.74, 6) is 0.381. The van der Waals surface area contributed by atoms with Crippen LogP contribution in [0.3, 0.4) is 0 Å². The number of aryl methyl sites for hydroxylation is 3. The minimum absolute atomic E-state index is 0.381. The van der Waals surface area contributed by atoms with Gasteiger partial charge in [0.15, 0.2) is 0 Å². The lowest BCUT2D eigenvalue weighted by Crippen LogP contribution is -2.38. The van der Waals surface area contributed by atoms with E-state index in [1.54, 1.807) is 15.6 Å². The first-order chi connectivity index (χ1) is 11.7. The molecule has 0 aliphatic carbocycles. The average Bonchev–Trinajstić information content (AvgIpc) is 3.00. The minimum Gasteiger partial charge on any atom is -0.246 e. The van der Waals surface area contributed by atoms with E-state index in [0.29, 0.717) is 23.9 Å². The van der Waals surface area contributed by atoms with Crippen LogP contribution >= 0.6 is 11.3 Å². The van der Waals surface area contributed by atoms with Crippen LogP contribution in [0, 0.1) is 34.6 Å². The monoisotopic (exact) mass is 378 g/mol. The second-order valence-corrected chi connectivity index (χ2v) is 9.86. The molecule has 0 amide bonds. The number of nitrogens with zero attached hydrogens (tertiary/aromatic N) is 2. The standard InChI is InChI=1S/C19H26N2O2S2/c1-12-10-13(2)16(5)18(15(12)4)25(22,23)21-8-6-17(7-9-21)19-20-14(3)11-24-19/h10-11,17H,6-9H2,1-5H3. The Morgan fingerprint density at radius 1 is 1.04 bits per heavy atom. The van der Waals surface area contributed by atoms with Crippen LogP contribution in [0.1, 0.15) is 51.7 Å².